The van der Waals surface area contributed by atoms with E-state index in [9.17, 15) is 14.7 Å². The molecule has 2 fully saturated rings. The summed E-state index contributed by atoms with van der Waals surface area (Å²) in [5, 5.41) is 11.6. The fourth-order valence-electron chi connectivity index (χ4n) is 8.54. The lowest BCUT2D eigenvalue weighted by atomic mass is 9.65. The molecule has 0 spiro atoms. The van der Waals surface area contributed by atoms with Crippen LogP contribution in [0.3, 0.4) is 0 Å². The van der Waals surface area contributed by atoms with Crippen molar-refractivity contribution in [3.05, 3.63) is 54.1 Å². The Kier molecular flexibility index (Phi) is 13.3. The van der Waals surface area contributed by atoms with E-state index in [0.717, 1.165) is 29.5 Å². The van der Waals surface area contributed by atoms with E-state index in [1.54, 1.807) is 21.0 Å². The fourth-order valence-corrected chi connectivity index (χ4v) is 8.54. The van der Waals surface area contributed by atoms with Crippen molar-refractivity contribution < 1.29 is 28.9 Å². The summed E-state index contributed by atoms with van der Waals surface area (Å²) in [4.78, 5) is 33.0. The Labute approximate surface area is 300 Å². The molecule has 2 aromatic rings. The van der Waals surface area contributed by atoms with Crippen LogP contribution < -0.4 is 5.73 Å². The van der Waals surface area contributed by atoms with E-state index in [4.69, 9.17) is 19.9 Å². The van der Waals surface area contributed by atoms with Crippen LogP contribution in [0.25, 0.3) is 11.1 Å². The van der Waals surface area contributed by atoms with Crippen LogP contribution in [0.2, 0.25) is 0 Å². The van der Waals surface area contributed by atoms with Crippen molar-refractivity contribution in [3.63, 3.8) is 0 Å². The van der Waals surface area contributed by atoms with Gasteiger partial charge < -0.3 is 30.0 Å². The number of Topliss-reactive ketones (excluding diaryl/α,β-unsaturated/α-hetero) is 1. The predicted octanol–water partition coefficient (Wildman–Crippen LogP) is 6.38. The highest BCUT2D eigenvalue weighted by Gasteiger charge is 2.51. The van der Waals surface area contributed by atoms with Crippen molar-refractivity contribution >= 4 is 17.4 Å². The Morgan fingerprint density at radius 3 is 2.34 bits per heavy atom. The van der Waals surface area contributed by atoms with Gasteiger partial charge in [-0.05, 0) is 115 Å². The van der Waals surface area contributed by atoms with Crippen molar-refractivity contribution in [2.75, 3.05) is 47.1 Å². The minimum absolute atomic E-state index is 0.0458. The molecule has 0 bridgehead atoms. The maximum atomic E-state index is 14.7. The molecule has 9 heteroatoms. The first-order valence-corrected chi connectivity index (χ1v) is 18.4. The first kappa shape index (κ1) is 40.0. The number of hydrogen-bond acceptors (Lipinski definition) is 9. The number of likely N-dealkylation sites (N-methyl/N-ethyl adjacent to an activating group) is 2. The number of hydrogen-bond donors (Lipinski definition) is 2. The molecule has 278 valence electrons. The van der Waals surface area contributed by atoms with Gasteiger partial charge in [-0.3, -0.25) is 14.5 Å². The number of carbonyl (C=O) groups excluding carboxylic acids is 2. The van der Waals surface area contributed by atoms with Crippen LogP contribution >= 0.6 is 0 Å². The van der Waals surface area contributed by atoms with Crippen molar-refractivity contribution in [1.82, 2.24) is 9.80 Å². The van der Waals surface area contributed by atoms with Gasteiger partial charge in [0, 0.05) is 31.3 Å². The number of anilines is 1. The molecule has 0 radical (unpaired) electrons. The molecule has 2 saturated heterocycles. The standard InChI is InChI=1S/C41H63N3O6/c1-11-13-32-33(22-36-37(45)34(43(7)8)20-27(3)50-36)41(6,48-10)23-26(2)24-44(9)35(25-49-39(47)40(4,5)38(32)46)29-18-16-28(17-19-29)30-14-12-15-31(42)21-30/h12,14-19,21,26-27,32-37,45H,11,13,20,22-25,42H2,1-10H3/t26-,27-,32-,33-,34+,35+,36+,37-,41-/m1/s1. The molecular weight excluding hydrogens is 630 g/mol. The lowest BCUT2D eigenvalue weighted by Crippen LogP contribution is -2.56. The molecule has 0 saturated carbocycles. The molecule has 0 unspecified atom stereocenters. The number of rotatable bonds is 8. The first-order chi connectivity index (χ1) is 23.5. The highest BCUT2D eigenvalue weighted by molar-refractivity contribution is 6.04. The molecule has 3 N–H and O–H groups in total. The molecule has 0 aliphatic carbocycles. The Hall–Kier alpha value is -2.82. The third-order valence-corrected chi connectivity index (χ3v) is 11.5. The van der Waals surface area contributed by atoms with Crippen LogP contribution in [-0.4, -0.2) is 98.0 Å². The summed E-state index contributed by atoms with van der Waals surface area (Å²) in [7, 11) is 7.76. The van der Waals surface area contributed by atoms with Crippen molar-refractivity contribution in [1.29, 1.82) is 0 Å². The number of aliphatic hydroxyl groups is 1. The number of ether oxygens (including phenoxy) is 3. The Morgan fingerprint density at radius 1 is 1.06 bits per heavy atom. The topological polar surface area (TPSA) is 115 Å². The Bertz CT molecular complexity index is 1430. The Balaban J connectivity index is 1.73. The van der Waals surface area contributed by atoms with Gasteiger partial charge in [0.25, 0.3) is 0 Å². The van der Waals surface area contributed by atoms with Gasteiger partial charge in [0.15, 0.2) is 5.78 Å². The van der Waals surface area contributed by atoms with Crippen LogP contribution in [-0.2, 0) is 23.8 Å². The smallest absolute Gasteiger partial charge is 0.319 e. The van der Waals surface area contributed by atoms with E-state index in [0.29, 0.717) is 31.5 Å². The maximum Gasteiger partial charge on any atom is 0.319 e. The number of nitrogens with two attached hydrogens (primary N) is 1. The Morgan fingerprint density at radius 2 is 1.74 bits per heavy atom. The van der Waals surface area contributed by atoms with Gasteiger partial charge in [0.2, 0.25) is 0 Å². The summed E-state index contributed by atoms with van der Waals surface area (Å²) in [5.41, 5.74) is 7.72. The minimum Gasteiger partial charge on any atom is -0.463 e. The van der Waals surface area contributed by atoms with E-state index in [2.05, 4.69) is 61.9 Å². The monoisotopic (exact) mass is 693 g/mol. The molecular formula is C41H63N3O6. The summed E-state index contributed by atoms with van der Waals surface area (Å²) < 4.78 is 19.0. The van der Waals surface area contributed by atoms with E-state index in [1.807, 2.05) is 45.3 Å². The summed E-state index contributed by atoms with van der Waals surface area (Å²) in [6, 6.07) is 15.8. The zero-order chi connectivity index (χ0) is 37.0. The second-order valence-electron chi connectivity index (χ2n) is 16.1. The molecule has 4 rings (SSSR count). The van der Waals surface area contributed by atoms with Crippen LogP contribution in [0, 0.1) is 23.2 Å². The lowest BCUT2D eigenvalue weighted by molar-refractivity contribution is -0.174. The van der Waals surface area contributed by atoms with Gasteiger partial charge in [0.05, 0.1) is 30.0 Å². The highest BCUT2D eigenvalue weighted by Crippen LogP contribution is 2.44. The summed E-state index contributed by atoms with van der Waals surface area (Å²) in [6.45, 7) is 12.6. The van der Waals surface area contributed by atoms with Crippen molar-refractivity contribution in [2.24, 2.45) is 23.2 Å². The van der Waals surface area contributed by atoms with E-state index in [1.165, 1.54) is 0 Å². The average Bonchev–Trinajstić information content (AvgIpc) is 3.06. The molecule has 2 aliphatic rings. The second-order valence-corrected chi connectivity index (χ2v) is 16.1. The number of esters is 1. The number of nitrogen functional groups attached to an aromatic ring is 1. The lowest BCUT2D eigenvalue weighted by Gasteiger charge is -2.48. The van der Waals surface area contributed by atoms with Crippen LogP contribution in [0.4, 0.5) is 5.69 Å². The third kappa shape index (κ3) is 8.96. The quantitative estimate of drug-likeness (QED) is 0.185. The zero-order valence-electron chi connectivity index (χ0n) is 32.1. The van der Waals surface area contributed by atoms with E-state index in [-0.39, 0.29) is 42.4 Å². The van der Waals surface area contributed by atoms with Crippen molar-refractivity contribution in [2.45, 2.75) is 110 Å². The van der Waals surface area contributed by atoms with Crippen LogP contribution in [0.15, 0.2) is 48.5 Å². The van der Waals surface area contributed by atoms with E-state index >= 15 is 0 Å². The van der Waals surface area contributed by atoms with E-state index < -0.39 is 35.1 Å². The van der Waals surface area contributed by atoms with Crippen molar-refractivity contribution in [3.8, 4) is 11.1 Å². The minimum atomic E-state index is -1.39. The number of aliphatic hydroxyl groups excluding tert-OH is 1. The maximum absolute atomic E-state index is 14.7. The molecule has 50 heavy (non-hydrogen) atoms. The number of methoxy groups -OCH3 is 1. The third-order valence-electron chi connectivity index (χ3n) is 11.5. The van der Waals surface area contributed by atoms with Crippen LogP contribution in [0.5, 0.6) is 0 Å². The molecule has 2 aliphatic heterocycles. The summed E-state index contributed by atoms with van der Waals surface area (Å²) in [6.07, 6.45) is 1.93. The predicted molar refractivity (Wildman–Crippen MR) is 200 cm³/mol. The van der Waals surface area contributed by atoms with Gasteiger partial charge in [-0.25, -0.2) is 0 Å². The number of ketones is 1. The SMILES string of the molecule is CCC[C@H]1C(=O)C(C)(C)C(=O)OC[C@@H](c2ccc(-c3cccc(N)c3)cc2)N(C)C[C@H](C)C[C@@](C)(OC)[C@@H]1C[C@@H]1O[C@H](C)C[C@H](N(C)C)[C@H]1O. The molecule has 0 aromatic heterocycles. The van der Waals surface area contributed by atoms with Gasteiger partial charge in [-0.2, -0.15) is 0 Å². The number of cyclic esters (lactones) is 1. The average molecular weight is 694 g/mol. The van der Waals surface area contributed by atoms with Gasteiger partial charge in [-0.15, -0.1) is 0 Å². The first-order valence-electron chi connectivity index (χ1n) is 18.4. The molecule has 2 heterocycles. The van der Waals surface area contributed by atoms with Gasteiger partial charge in [-0.1, -0.05) is 56.7 Å². The molecule has 9 nitrogen and oxygen atoms in total. The normalized spacial score (nSPS) is 33.3. The van der Waals surface area contributed by atoms with Gasteiger partial charge >= 0.3 is 5.97 Å². The fraction of sp³-hybridized carbons (Fsp3) is 0.659. The summed E-state index contributed by atoms with van der Waals surface area (Å²) >= 11 is 0. The molecule has 2 aromatic carbocycles. The number of nitrogens with zero attached hydrogens (tertiary/aromatic N) is 2. The second kappa shape index (κ2) is 16.7. The number of carbonyl (C=O) groups is 2. The largest absolute Gasteiger partial charge is 0.463 e. The van der Waals surface area contributed by atoms with Crippen LogP contribution in [0.1, 0.15) is 85.3 Å². The highest BCUT2D eigenvalue weighted by atomic mass is 16.5. The summed E-state index contributed by atoms with van der Waals surface area (Å²) in [5.74, 6) is -1.33. The zero-order valence-corrected chi connectivity index (χ0v) is 32.1. The van der Waals surface area contributed by atoms with Gasteiger partial charge in [0.1, 0.15) is 12.0 Å². The molecule has 9 atom stereocenters. The molecule has 0 amide bonds. The number of benzene rings is 2.